The molecule has 0 atom stereocenters. The normalized spacial score (nSPS) is 10.4. The lowest BCUT2D eigenvalue weighted by Gasteiger charge is -2.04. The second-order valence-corrected chi connectivity index (χ2v) is 6.05. The molecule has 0 fully saturated rings. The fourth-order valence-corrected chi connectivity index (χ4v) is 2.73. The van der Waals surface area contributed by atoms with Gasteiger partial charge in [-0.15, -0.1) is 11.3 Å². The first kappa shape index (κ1) is 16.2. The molecule has 1 amide bonds. The molecule has 1 aromatic carbocycles. The Hall–Kier alpha value is -2.21. The van der Waals surface area contributed by atoms with Gasteiger partial charge in [0, 0.05) is 17.5 Å². The Kier molecular flexibility index (Phi) is 5.66. The van der Waals surface area contributed by atoms with Crippen LogP contribution >= 0.6 is 11.3 Å². The quantitative estimate of drug-likeness (QED) is 0.822. The summed E-state index contributed by atoms with van der Waals surface area (Å²) in [6, 6.07) is 6.59. The number of aryl methyl sites for hydroxylation is 2. The molecule has 0 aliphatic heterocycles. The van der Waals surface area contributed by atoms with Crippen LogP contribution in [0.5, 0.6) is 0 Å². The minimum Gasteiger partial charge on any atom is -0.478 e. The number of rotatable bonds is 7. The van der Waals surface area contributed by atoms with Crippen LogP contribution in [0.3, 0.4) is 0 Å². The highest BCUT2D eigenvalue weighted by molar-refractivity contribution is 7.11. The zero-order chi connectivity index (χ0) is 15.9. The van der Waals surface area contributed by atoms with Crippen LogP contribution in [-0.2, 0) is 24.2 Å². The first-order chi connectivity index (χ1) is 10.6. The number of nitrogens with one attached hydrogen (secondary N) is 1. The summed E-state index contributed by atoms with van der Waals surface area (Å²) in [6.45, 7) is 2.53. The summed E-state index contributed by atoms with van der Waals surface area (Å²) in [5.41, 5.74) is 1.20. The summed E-state index contributed by atoms with van der Waals surface area (Å²) >= 11 is 1.61. The number of nitrogens with zero attached hydrogens (tertiary/aromatic N) is 1. The van der Waals surface area contributed by atoms with Gasteiger partial charge in [-0.25, -0.2) is 9.78 Å². The van der Waals surface area contributed by atoms with Crippen LogP contribution in [0.15, 0.2) is 30.5 Å². The van der Waals surface area contributed by atoms with E-state index in [4.69, 9.17) is 5.11 Å². The first-order valence-corrected chi connectivity index (χ1v) is 7.92. The number of amides is 1. The minimum atomic E-state index is -0.945. The molecule has 0 aliphatic rings. The van der Waals surface area contributed by atoms with Crippen molar-refractivity contribution in [2.24, 2.45) is 0 Å². The van der Waals surface area contributed by atoms with Crippen molar-refractivity contribution in [1.29, 1.82) is 0 Å². The molecule has 22 heavy (non-hydrogen) atoms. The number of thiazole rings is 1. The van der Waals surface area contributed by atoms with Gasteiger partial charge < -0.3 is 10.4 Å². The highest BCUT2D eigenvalue weighted by Crippen LogP contribution is 2.13. The Balaban J connectivity index is 1.76. The second-order valence-electron chi connectivity index (χ2n) is 4.85. The molecule has 0 spiro atoms. The van der Waals surface area contributed by atoms with Gasteiger partial charge in [0.15, 0.2) is 0 Å². The van der Waals surface area contributed by atoms with Crippen molar-refractivity contribution in [2.75, 3.05) is 0 Å². The van der Waals surface area contributed by atoms with Crippen LogP contribution in [0.4, 0.5) is 0 Å². The van der Waals surface area contributed by atoms with E-state index in [-0.39, 0.29) is 11.5 Å². The molecule has 0 unspecified atom stereocenters. The summed E-state index contributed by atoms with van der Waals surface area (Å²) < 4.78 is 0. The Labute approximate surface area is 133 Å². The predicted molar refractivity (Wildman–Crippen MR) is 85.1 cm³/mol. The maximum absolute atomic E-state index is 11.8. The number of carboxylic acids is 1. The molecule has 2 rings (SSSR count). The van der Waals surface area contributed by atoms with Crippen LogP contribution in [0, 0.1) is 0 Å². The number of carboxylic acid groups (broad SMARTS) is 1. The number of carbonyl (C=O) groups is 2. The fraction of sp³-hybridized carbons (Fsp3) is 0.312. The van der Waals surface area contributed by atoms with E-state index >= 15 is 0 Å². The molecule has 1 aromatic heterocycles. The minimum absolute atomic E-state index is 0.0319. The van der Waals surface area contributed by atoms with Crippen molar-refractivity contribution in [3.63, 3.8) is 0 Å². The largest absolute Gasteiger partial charge is 0.478 e. The summed E-state index contributed by atoms with van der Waals surface area (Å²) in [5.74, 6) is -0.977. The van der Waals surface area contributed by atoms with Gasteiger partial charge >= 0.3 is 5.97 Å². The van der Waals surface area contributed by atoms with E-state index in [0.29, 0.717) is 19.4 Å². The smallest absolute Gasteiger partial charge is 0.335 e. The van der Waals surface area contributed by atoms with Gasteiger partial charge in [0.25, 0.3) is 0 Å². The topological polar surface area (TPSA) is 79.3 Å². The van der Waals surface area contributed by atoms with Crippen molar-refractivity contribution < 1.29 is 14.7 Å². The molecular formula is C16H18N2O3S. The van der Waals surface area contributed by atoms with Gasteiger partial charge in [-0.2, -0.15) is 0 Å². The second kappa shape index (κ2) is 7.70. The SMILES string of the molecule is CCc1cnc(CNC(=O)CCc2ccc(C(=O)O)cc2)s1. The number of aromatic carboxylic acids is 1. The molecule has 2 N–H and O–H groups in total. The van der Waals surface area contributed by atoms with Gasteiger partial charge in [0.05, 0.1) is 12.1 Å². The molecule has 1 heterocycles. The Morgan fingerprint density at radius 2 is 2.00 bits per heavy atom. The van der Waals surface area contributed by atoms with Crippen molar-refractivity contribution in [3.05, 3.63) is 51.5 Å². The van der Waals surface area contributed by atoms with Crippen molar-refractivity contribution in [1.82, 2.24) is 10.3 Å². The zero-order valence-electron chi connectivity index (χ0n) is 12.3. The van der Waals surface area contributed by atoms with Crippen LogP contribution in [0.2, 0.25) is 0 Å². The van der Waals surface area contributed by atoms with E-state index in [1.807, 2.05) is 6.20 Å². The Bertz CT molecular complexity index is 650. The maximum atomic E-state index is 11.8. The molecule has 116 valence electrons. The summed E-state index contributed by atoms with van der Waals surface area (Å²) in [4.78, 5) is 28.0. The van der Waals surface area contributed by atoms with Crippen LogP contribution < -0.4 is 5.32 Å². The van der Waals surface area contributed by atoms with E-state index in [9.17, 15) is 9.59 Å². The van der Waals surface area contributed by atoms with Crippen LogP contribution in [0.1, 0.15) is 39.2 Å². The van der Waals surface area contributed by atoms with E-state index in [2.05, 4.69) is 17.2 Å². The van der Waals surface area contributed by atoms with Gasteiger partial charge in [0.1, 0.15) is 5.01 Å². The van der Waals surface area contributed by atoms with Crippen molar-refractivity contribution >= 4 is 23.2 Å². The van der Waals surface area contributed by atoms with E-state index in [1.54, 1.807) is 35.6 Å². The average molecular weight is 318 g/mol. The molecule has 0 aliphatic carbocycles. The summed E-state index contributed by atoms with van der Waals surface area (Å²) in [5, 5.41) is 12.6. The Morgan fingerprint density at radius 3 is 2.59 bits per heavy atom. The van der Waals surface area contributed by atoms with Gasteiger partial charge in [-0.1, -0.05) is 19.1 Å². The fourth-order valence-electron chi connectivity index (χ4n) is 1.93. The number of hydrogen-bond donors (Lipinski definition) is 2. The standard InChI is InChI=1S/C16H18N2O3S/c1-2-13-9-18-15(22-13)10-17-14(19)8-5-11-3-6-12(7-4-11)16(20)21/h3-4,6-7,9H,2,5,8,10H2,1H3,(H,17,19)(H,20,21). The Morgan fingerprint density at radius 1 is 1.27 bits per heavy atom. The maximum Gasteiger partial charge on any atom is 0.335 e. The van der Waals surface area contributed by atoms with E-state index in [1.165, 1.54) is 4.88 Å². The highest BCUT2D eigenvalue weighted by atomic mass is 32.1. The molecule has 5 nitrogen and oxygen atoms in total. The lowest BCUT2D eigenvalue weighted by Crippen LogP contribution is -2.22. The third kappa shape index (κ3) is 4.66. The first-order valence-electron chi connectivity index (χ1n) is 7.11. The average Bonchev–Trinajstić information content (AvgIpc) is 2.99. The number of hydrogen-bond acceptors (Lipinski definition) is 4. The van der Waals surface area contributed by atoms with Crippen molar-refractivity contribution in [3.8, 4) is 0 Å². The summed E-state index contributed by atoms with van der Waals surface area (Å²) in [6.07, 6.45) is 3.76. The molecule has 0 saturated carbocycles. The molecular weight excluding hydrogens is 300 g/mol. The van der Waals surface area contributed by atoms with Gasteiger partial charge in [-0.05, 0) is 30.5 Å². The molecule has 0 radical (unpaired) electrons. The molecule has 6 heteroatoms. The van der Waals surface area contributed by atoms with Gasteiger partial charge in [-0.3, -0.25) is 4.79 Å². The number of carbonyl (C=O) groups excluding carboxylic acids is 1. The molecule has 0 bridgehead atoms. The lowest BCUT2D eigenvalue weighted by atomic mass is 10.1. The lowest BCUT2D eigenvalue weighted by molar-refractivity contribution is -0.121. The summed E-state index contributed by atoms with van der Waals surface area (Å²) in [7, 11) is 0. The van der Waals surface area contributed by atoms with Crippen LogP contribution in [0.25, 0.3) is 0 Å². The number of aromatic nitrogens is 1. The predicted octanol–water partition coefficient (Wildman–Crippen LogP) is 2.65. The monoisotopic (exact) mass is 318 g/mol. The van der Waals surface area contributed by atoms with Crippen LogP contribution in [-0.4, -0.2) is 22.0 Å². The third-order valence-corrected chi connectivity index (χ3v) is 4.37. The third-order valence-electron chi connectivity index (χ3n) is 3.23. The molecule has 2 aromatic rings. The highest BCUT2D eigenvalue weighted by Gasteiger charge is 2.06. The van der Waals surface area contributed by atoms with E-state index < -0.39 is 5.97 Å². The zero-order valence-corrected chi connectivity index (χ0v) is 13.2. The molecule has 0 saturated heterocycles. The van der Waals surface area contributed by atoms with Crippen molar-refractivity contribution in [2.45, 2.75) is 32.7 Å². The van der Waals surface area contributed by atoms with Gasteiger partial charge in [0.2, 0.25) is 5.91 Å². The van der Waals surface area contributed by atoms with E-state index in [0.717, 1.165) is 17.0 Å². The number of benzene rings is 1.